The molecule has 2 aromatic carbocycles. The summed E-state index contributed by atoms with van der Waals surface area (Å²) in [6.07, 6.45) is 0.647. The van der Waals surface area contributed by atoms with Gasteiger partial charge in [0, 0.05) is 29.3 Å². The first-order chi connectivity index (χ1) is 11.7. The highest BCUT2D eigenvalue weighted by Gasteiger charge is 2.25. The Labute approximate surface area is 138 Å². The van der Waals surface area contributed by atoms with Crippen molar-refractivity contribution in [2.75, 3.05) is 19.5 Å². The highest BCUT2D eigenvalue weighted by Crippen LogP contribution is 2.40. The molecule has 1 aliphatic carbocycles. The number of methoxy groups -OCH3 is 2. The minimum atomic E-state index is -0.221. The number of anilines is 2. The number of nitrogens with zero attached hydrogens (tertiary/aromatic N) is 1. The van der Waals surface area contributed by atoms with Crippen molar-refractivity contribution in [2.24, 2.45) is 0 Å². The van der Waals surface area contributed by atoms with Crippen molar-refractivity contribution in [3.63, 3.8) is 0 Å². The lowest BCUT2D eigenvalue weighted by atomic mass is 10.1. The summed E-state index contributed by atoms with van der Waals surface area (Å²) in [5.74, 6) is 1.81. The lowest BCUT2D eigenvalue weighted by Gasteiger charge is -2.10. The Morgan fingerprint density at radius 2 is 1.92 bits per heavy atom. The first-order valence-corrected chi connectivity index (χ1v) is 7.54. The van der Waals surface area contributed by atoms with Gasteiger partial charge in [-0.25, -0.2) is 4.39 Å². The molecule has 3 aromatic rings. The van der Waals surface area contributed by atoms with Crippen molar-refractivity contribution in [2.45, 2.75) is 6.42 Å². The zero-order valence-electron chi connectivity index (χ0n) is 13.3. The fraction of sp³-hybridized carbons (Fsp3) is 0.167. The summed E-state index contributed by atoms with van der Waals surface area (Å²) in [5, 5.41) is 10.7. The van der Waals surface area contributed by atoms with E-state index in [-0.39, 0.29) is 5.82 Å². The van der Waals surface area contributed by atoms with Crippen LogP contribution in [0.2, 0.25) is 0 Å². The Morgan fingerprint density at radius 1 is 1.08 bits per heavy atom. The van der Waals surface area contributed by atoms with Gasteiger partial charge in [-0.1, -0.05) is 0 Å². The Balaban J connectivity index is 1.66. The molecule has 0 radical (unpaired) electrons. The predicted octanol–water partition coefficient (Wildman–Crippen LogP) is 3.88. The number of hydrogen-bond acceptors (Lipinski definition) is 4. The number of benzene rings is 2. The number of fused-ring (bicyclic) bond motifs is 3. The number of aromatic nitrogens is 2. The van der Waals surface area contributed by atoms with E-state index in [9.17, 15) is 4.39 Å². The number of halogens is 1. The van der Waals surface area contributed by atoms with Gasteiger partial charge in [-0.2, -0.15) is 5.10 Å². The maximum absolute atomic E-state index is 13.4. The van der Waals surface area contributed by atoms with Crippen LogP contribution in [0.4, 0.5) is 15.9 Å². The van der Waals surface area contributed by atoms with Crippen molar-refractivity contribution < 1.29 is 13.9 Å². The second-order valence-corrected chi connectivity index (χ2v) is 5.60. The quantitative estimate of drug-likeness (QED) is 0.598. The van der Waals surface area contributed by atoms with Crippen LogP contribution in [0.25, 0.3) is 11.3 Å². The number of rotatable bonds is 4. The molecule has 6 heteroatoms. The Bertz CT molecular complexity index is 921. The largest absolute Gasteiger partial charge is 0.493 e. The summed E-state index contributed by atoms with van der Waals surface area (Å²) in [4.78, 5) is 0. The first-order valence-electron chi connectivity index (χ1n) is 7.54. The van der Waals surface area contributed by atoms with E-state index in [1.807, 2.05) is 18.2 Å². The third-order valence-electron chi connectivity index (χ3n) is 4.22. The van der Waals surface area contributed by atoms with Gasteiger partial charge >= 0.3 is 0 Å². The summed E-state index contributed by atoms with van der Waals surface area (Å²) in [6, 6.07) is 10.4. The average molecular weight is 325 g/mol. The van der Waals surface area contributed by atoms with Crippen molar-refractivity contribution in [3.8, 4) is 22.8 Å². The summed E-state index contributed by atoms with van der Waals surface area (Å²) >= 11 is 0. The summed E-state index contributed by atoms with van der Waals surface area (Å²) in [5.41, 5.74) is 4.77. The molecule has 5 nitrogen and oxygen atoms in total. The molecule has 1 aromatic heterocycles. The van der Waals surface area contributed by atoms with Crippen molar-refractivity contribution in [1.82, 2.24) is 10.2 Å². The van der Waals surface area contributed by atoms with E-state index in [2.05, 4.69) is 15.5 Å². The fourth-order valence-corrected chi connectivity index (χ4v) is 3.06. The summed E-state index contributed by atoms with van der Waals surface area (Å²) < 4.78 is 24.0. The second-order valence-electron chi connectivity index (χ2n) is 5.60. The third-order valence-corrected chi connectivity index (χ3v) is 4.22. The molecule has 122 valence electrons. The van der Waals surface area contributed by atoms with Gasteiger partial charge in [0.05, 0.1) is 19.9 Å². The molecule has 4 rings (SSSR count). The van der Waals surface area contributed by atoms with Crippen molar-refractivity contribution in [1.29, 1.82) is 0 Å². The van der Waals surface area contributed by atoms with Gasteiger partial charge in [0.2, 0.25) is 0 Å². The van der Waals surface area contributed by atoms with E-state index in [4.69, 9.17) is 9.47 Å². The highest BCUT2D eigenvalue weighted by atomic mass is 19.1. The van der Waals surface area contributed by atoms with Crippen LogP contribution in [-0.2, 0) is 6.42 Å². The number of ether oxygens (including phenoxy) is 2. The number of aromatic amines is 1. The topological polar surface area (TPSA) is 59.2 Å². The molecule has 1 aliphatic rings. The summed E-state index contributed by atoms with van der Waals surface area (Å²) in [6.45, 7) is 0. The van der Waals surface area contributed by atoms with Crippen LogP contribution in [-0.4, -0.2) is 24.4 Å². The van der Waals surface area contributed by atoms with Gasteiger partial charge < -0.3 is 14.8 Å². The Kier molecular flexibility index (Phi) is 3.37. The van der Waals surface area contributed by atoms with Crippen LogP contribution < -0.4 is 14.8 Å². The van der Waals surface area contributed by atoms with Gasteiger partial charge in [0.1, 0.15) is 5.82 Å². The zero-order chi connectivity index (χ0) is 16.7. The van der Waals surface area contributed by atoms with Gasteiger partial charge in [-0.15, -0.1) is 0 Å². The molecule has 0 amide bonds. The van der Waals surface area contributed by atoms with Gasteiger partial charge in [0.15, 0.2) is 17.3 Å². The second kappa shape index (κ2) is 5.56. The van der Waals surface area contributed by atoms with Gasteiger partial charge in [0.25, 0.3) is 0 Å². The van der Waals surface area contributed by atoms with Crippen LogP contribution in [0, 0.1) is 5.82 Å². The van der Waals surface area contributed by atoms with Crippen LogP contribution in [0.1, 0.15) is 11.1 Å². The molecule has 1 heterocycles. The molecular weight excluding hydrogens is 309 g/mol. The molecule has 0 unspecified atom stereocenters. The van der Waals surface area contributed by atoms with Crippen molar-refractivity contribution in [3.05, 3.63) is 53.3 Å². The van der Waals surface area contributed by atoms with Crippen molar-refractivity contribution >= 4 is 11.5 Å². The minimum absolute atomic E-state index is 0.221. The van der Waals surface area contributed by atoms with Crippen LogP contribution in [0.3, 0.4) is 0 Å². The number of nitrogens with one attached hydrogen (secondary N) is 2. The molecular formula is C18H16FN3O2. The van der Waals surface area contributed by atoms with E-state index < -0.39 is 0 Å². The lowest BCUT2D eigenvalue weighted by molar-refractivity contribution is 0.355. The van der Waals surface area contributed by atoms with Crippen LogP contribution >= 0.6 is 0 Å². The predicted molar refractivity (Wildman–Crippen MR) is 89.6 cm³/mol. The summed E-state index contributed by atoms with van der Waals surface area (Å²) in [7, 11) is 3.20. The zero-order valence-corrected chi connectivity index (χ0v) is 13.3. The smallest absolute Gasteiger partial charge is 0.162 e. The molecule has 0 aliphatic heterocycles. The van der Waals surface area contributed by atoms with Gasteiger partial charge in [-0.05, 0) is 35.9 Å². The van der Waals surface area contributed by atoms with Crippen LogP contribution in [0.5, 0.6) is 11.5 Å². The highest BCUT2D eigenvalue weighted by molar-refractivity contribution is 5.79. The maximum atomic E-state index is 13.4. The molecule has 24 heavy (non-hydrogen) atoms. The van der Waals surface area contributed by atoms with E-state index in [1.165, 1.54) is 6.07 Å². The third kappa shape index (κ3) is 2.27. The monoisotopic (exact) mass is 325 g/mol. The normalized spacial score (nSPS) is 11.8. The number of H-pyrrole nitrogens is 1. The Hall–Kier alpha value is -3.02. The van der Waals surface area contributed by atoms with Gasteiger partial charge in [-0.3, -0.25) is 5.10 Å². The molecule has 2 N–H and O–H groups in total. The average Bonchev–Trinajstić information content (AvgIpc) is 3.14. The van der Waals surface area contributed by atoms with E-state index >= 15 is 0 Å². The molecule has 0 saturated heterocycles. The fourth-order valence-electron chi connectivity index (χ4n) is 3.06. The molecule has 0 bridgehead atoms. The van der Waals surface area contributed by atoms with E-state index in [0.717, 1.165) is 33.9 Å². The van der Waals surface area contributed by atoms with E-state index in [1.54, 1.807) is 26.4 Å². The first kappa shape index (κ1) is 14.6. The standard InChI is InChI=1S/C18H16FN3O2/c1-23-15-6-4-12(9-16(15)24-2)20-18-14-8-10-7-11(19)3-5-13(10)17(14)21-22-18/h3-7,9H,8H2,1-2H3,(H2,20,21,22). The number of hydrogen-bond donors (Lipinski definition) is 2. The minimum Gasteiger partial charge on any atom is -0.493 e. The molecule has 0 spiro atoms. The van der Waals surface area contributed by atoms with Crippen LogP contribution in [0.15, 0.2) is 36.4 Å². The van der Waals surface area contributed by atoms with E-state index in [0.29, 0.717) is 17.9 Å². The molecule has 0 atom stereocenters. The lowest BCUT2D eigenvalue weighted by Crippen LogP contribution is -1.97. The SMILES string of the molecule is COc1ccc(Nc2n[nH]c3c2Cc2cc(F)ccc2-3)cc1OC. The maximum Gasteiger partial charge on any atom is 0.162 e. The molecule has 0 fully saturated rings. The Morgan fingerprint density at radius 3 is 2.71 bits per heavy atom. The molecule has 0 saturated carbocycles.